The van der Waals surface area contributed by atoms with E-state index in [2.05, 4.69) is 5.32 Å². The fraction of sp³-hybridized carbons (Fsp3) is 0.800. The summed E-state index contributed by atoms with van der Waals surface area (Å²) in [7, 11) is 1.59. The van der Waals surface area contributed by atoms with E-state index < -0.39 is 5.54 Å². The van der Waals surface area contributed by atoms with E-state index in [1.54, 1.807) is 21.0 Å². The van der Waals surface area contributed by atoms with Crippen molar-refractivity contribution in [3.63, 3.8) is 0 Å². The van der Waals surface area contributed by atoms with Gasteiger partial charge in [0, 0.05) is 13.7 Å². The van der Waals surface area contributed by atoms with Gasteiger partial charge in [-0.05, 0) is 20.8 Å². The van der Waals surface area contributed by atoms with Gasteiger partial charge in [0.05, 0.1) is 12.6 Å². The normalized spacial score (nSPS) is 22.5. The third kappa shape index (κ3) is 2.68. The molecule has 0 aliphatic carbocycles. The smallest absolute Gasteiger partial charge is 0.248 e. The SMILES string of the molecule is COC(C)CN1CC(=O)NC(C)(C)C1=O. The summed E-state index contributed by atoms with van der Waals surface area (Å²) in [5.41, 5.74) is -0.803. The van der Waals surface area contributed by atoms with Gasteiger partial charge in [-0.25, -0.2) is 0 Å². The summed E-state index contributed by atoms with van der Waals surface area (Å²) in [6, 6.07) is 0. The van der Waals surface area contributed by atoms with Crippen molar-refractivity contribution in [2.45, 2.75) is 32.4 Å². The van der Waals surface area contributed by atoms with Crippen LogP contribution in [0.4, 0.5) is 0 Å². The van der Waals surface area contributed by atoms with Crippen LogP contribution in [0.2, 0.25) is 0 Å². The average molecular weight is 214 g/mol. The highest BCUT2D eigenvalue weighted by atomic mass is 16.5. The number of piperazine rings is 1. The predicted octanol–water partition coefficient (Wildman–Crippen LogP) is -0.242. The zero-order valence-corrected chi connectivity index (χ0v) is 9.66. The molecule has 1 aliphatic rings. The first-order valence-corrected chi connectivity index (χ1v) is 5.00. The number of carbonyl (C=O) groups excluding carboxylic acids is 2. The molecule has 2 amide bonds. The zero-order valence-electron chi connectivity index (χ0n) is 9.66. The molecule has 0 aromatic rings. The topological polar surface area (TPSA) is 58.6 Å². The Morgan fingerprint density at radius 2 is 2.13 bits per heavy atom. The lowest BCUT2D eigenvalue weighted by Crippen LogP contribution is -2.64. The van der Waals surface area contributed by atoms with Crippen molar-refractivity contribution < 1.29 is 14.3 Å². The van der Waals surface area contributed by atoms with Crippen LogP contribution in [0.25, 0.3) is 0 Å². The Bertz CT molecular complexity index is 276. The molecular formula is C10H18N2O3. The van der Waals surface area contributed by atoms with Crippen molar-refractivity contribution in [3.05, 3.63) is 0 Å². The van der Waals surface area contributed by atoms with Gasteiger partial charge in [0.25, 0.3) is 0 Å². The number of rotatable bonds is 3. The summed E-state index contributed by atoms with van der Waals surface area (Å²) in [5.74, 6) is -0.186. The molecule has 5 heteroatoms. The first kappa shape index (κ1) is 12.0. The van der Waals surface area contributed by atoms with E-state index in [9.17, 15) is 9.59 Å². The number of methoxy groups -OCH3 is 1. The Balaban J connectivity index is 2.71. The van der Waals surface area contributed by atoms with E-state index >= 15 is 0 Å². The van der Waals surface area contributed by atoms with Crippen LogP contribution in [0, 0.1) is 0 Å². The number of ether oxygens (including phenoxy) is 1. The van der Waals surface area contributed by atoms with E-state index in [0.29, 0.717) is 6.54 Å². The van der Waals surface area contributed by atoms with E-state index in [0.717, 1.165) is 0 Å². The first-order valence-electron chi connectivity index (χ1n) is 5.00. The molecule has 0 radical (unpaired) electrons. The maximum atomic E-state index is 11.9. The Kier molecular flexibility index (Phi) is 3.34. The third-order valence-corrected chi connectivity index (χ3v) is 2.49. The summed E-state index contributed by atoms with van der Waals surface area (Å²) >= 11 is 0. The highest BCUT2D eigenvalue weighted by molar-refractivity contribution is 5.97. The number of hydrogen-bond acceptors (Lipinski definition) is 3. The highest BCUT2D eigenvalue weighted by Crippen LogP contribution is 2.13. The lowest BCUT2D eigenvalue weighted by Gasteiger charge is -2.38. The molecule has 0 saturated carbocycles. The molecule has 15 heavy (non-hydrogen) atoms. The number of nitrogens with zero attached hydrogens (tertiary/aromatic N) is 1. The van der Waals surface area contributed by atoms with Gasteiger partial charge in [0.15, 0.2) is 0 Å². The molecule has 1 atom stereocenters. The monoisotopic (exact) mass is 214 g/mol. The number of nitrogens with one attached hydrogen (secondary N) is 1. The second-order valence-corrected chi connectivity index (χ2v) is 4.41. The molecule has 1 N–H and O–H groups in total. The van der Waals surface area contributed by atoms with E-state index in [-0.39, 0.29) is 24.5 Å². The summed E-state index contributed by atoms with van der Waals surface area (Å²) in [6.07, 6.45) is -0.0596. The minimum absolute atomic E-state index is 0.0596. The van der Waals surface area contributed by atoms with Crippen LogP contribution in [0.5, 0.6) is 0 Å². The van der Waals surface area contributed by atoms with Gasteiger partial charge in [-0.15, -0.1) is 0 Å². The maximum Gasteiger partial charge on any atom is 0.248 e. The molecule has 1 heterocycles. The Morgan fingerprint density at radius 3 is 2.67 bits per heavy atom. The molecule has 0 spiro atoms. The molecule has 0 bridgehead atoms. The molecule has 1 fully saturated rings. The number of hydrogen-bond donors (Lipinski definition) is 1. The Labute approximate surface area is 89.8 Å². The average Bonchev–Trinajstić information content (AvgIpc) is 2.12. The van der Waals surface area contributed by atoms with Crippen molar-refractivity contribution in [3.8, 4) is 0 Å². The lowest BCUT2D eigenvalue weighted by molar-refractivity contribution is -0.149. The van der Waals surface area contributed by atoms with Crippen molar-refractivity contribution in [2.24, 2.45) is 0 Å². The third-order valence-electron chi connectivity index (χ3n) is 2.49. The van der Waals surface area contributed by atoms with Crippen LogP contribution in [0.1, 0.15) is 20.8 Å². The molecular weight excluding hydrogens is 196 g/mol. The maximum absolute atomic E-state index is 11.9. The van der Waals surface area contributed by atoms with Gasteiger partial charge in [-0.1, -0.05) is 0 Å². The van der Waals surface area contributed by atoms with E-state index in [1.807, 2.05) is 6.92 Å². The fourth-order valence-corrected chi connectivity index (χ4v) is 1.61. The first-order chi connectivity index (χ1) is 6.86. The van der Waals surface area contributed by atoms with Crippen LogP contribution in [-0.2, 0) is 14.3 Å². The zero-order chi connectivity index (χ0) is 11.6. The summed E-state index contributed by atoms with van der Waals surface area (Å²) in [4.78, 5) is 24.8. The molecule has 86 valence electrons. The standard InChI is InChI=1S/C10H18N2O3/c1-7(15-4)5-12-6-8(13)11-10(2,3)9(12)14/h7H,5-6H2,1-4H3,(H,11,13). The quantitative estimate of drug-likeness (QED) is 0.705. The van der Waals surface area contributed by atoms with Crippen LogP contribution in [0.3, 0.4) is 0 Å². The van der Waals surface area contributed by atoms with Crippen molar-refractivity contribution in [2.75, 3.05) is 20.2 Å². The molecule has 1 aliphatic heterocycles. The molecule has 1 rings (SSSR count). The fourth-order valence-electron chi connectivity index (χ4n) is 1.61. The molecule has 1 unspecified atom stereocenters. The largest absolute Gasteiger partial charge is 0.380 e. The highest BCUT2D eigenvalue weighted by Gasteiger charge is 2.39. The van der Waals surface area contributed by atoms with Gasteiger partial charge in [-0.2, -0.15) is 0 Å². The van der Waals surface area contributed by atoms with Crippen LogP contribution in [0.15, 0.2) is 0 Å². The van der Waals surface area contributed by atoms with E-state index in [4.69, 9.17) is 4.74 Å². The Hall–Kier alpha value is -1.10. The number of carbonyl (C=O) groups is 2. The van der Waals surface area contributed by atoms with Crippen LogP contribution >= 0.6 is 0 Å². The number of amides is 2. The van der Waals surface area contributed by atoms with Gasteiger partial charge < -0.3 is 15.0 Å². The van der Waals surface area contributed by atoms with Crippen molar-refractivity contribution >= 4 is 11.8 Å². The predicted molar refractivity (Wildman–Crippen MR) is 55.3 cm³/mol. The second-order valence-electron chi connectivity index (χ2n) is 4.41. The minimum atomic E-state index is -0.803. The Morgan fingerprint density at radius 1 is 1.53 bits per heavy atom. The second kappa shape index (κ2) is 4.18. The van der Waals surface area contributed by atoms with Crippen LogP contribution < -0.4 is 5.32 Å². The van der Waals surface area contributed by atoms with Crippen LogP contribution in [-0.4, -0.2) is 48.6 Å². The van der Waals surface area contributed by atoms with Crippen molar-refractivity contribution in [1.82, 2.24) is 10.2 Å². The summed E-state index contributed by atoms with van der Waals surface area (Å²) < 4.78 is 5.08. The van der Waals surface area contributed by atoms with Crippen molar-refractivity contribution in [1.29, 1.82) is 0 Å². The minimum Gasteiger partial charge on any atom is -0.380 e. The van der Waals surface area contributed by atoms with Gasteiger partial charge >= 0.3 is 0 Å². The van der Waals surface area contributed by atoms with Gasteiger partial charge in [-0.3, -0.25) is 9.59 Å². The lowest BCUT2D eigenvalue weighted by atomic mass is 10.0. The van der Waals surface area contributed by atoms with Gasteiger partial charge in [0.1, 0.15) is 5.54 Å². The summed E-state index contributed by atoms with van der Waals surface area (Å²) in [5, 5.41) is 2.66. The molecule has 0 aromatic heterocycles. The molecule has 1 saturated heterocycles. The molecule has 0 aromatic carbocycles. The van der Waals surface area contributed by atoms with E-state index in [1.165, 1.54) is 4.90 Å². The summed E-state index contributed by atoms with van der Waals surface area (Å²) in [6.45, 7) is 5.85. The molecule has 5 nitrogen and oxygen atoms in total. The van der Waals surface area contributed by atoms with Gasteiger partial charge in [0.2, 0.25) is 11.8 Å².